The Bertz CT molecular complexity index is 356. The van der Waals surface area contributed by atoms with E-state index in [1.54, 1.807) is 12.1 Å². The maximum atomic E-state index is 10.7. The highest BCUT2D eigenvalue weighted by Crippen LogP contribution is 2.31. The molecule has 0 amide bonds. The molecule has 1 aliphatic rings. The van der Waals surface area contributed by atoms with Gasteiger partial charge in [0.1, 0.15) is 7.05 Å². The minimum absolute atomic E-state index is 0.256. The van der Waals surface area contributed by atoms with Crippen LogP contribution in [0.4, 0.5) is 0 Å². The fraction of sp³-hybridized carbons (Fsp3) is 0.222. The van der Waals surface area contributed by atoms with E-state index < -0.39 is 0 Å². The molecule has 0 unspecified atom stereocenters. The first-order valence-corrected chi connectivity index (χ1v) is 3.90. The Morgan fingerprint density at radius 2 is 2.15 bits per heavy atom. The smallest absolute Gasteiger partial charge is 0.231 e. The molecule has 0 spiro atoms. The van der Waals surface area contributed by atoms with Gasteiger partial charge in [0.2, 0.25) is 6.79 Å². The van der Waals surface area contributed by atoms with Crippen molar-refractivity contribution in [3.8, 4) is 11.5 Å². The summed E-state index contributed by atoms with van der Waals surface area (Å²) in [4.78, 5) is 0. The number of ether oxygens (including phenoxy) is 2. The van der Waals surface area contributed by atoms with Crippen LogP contribution in [-0.2, 0) is 0 Å². The molecule has 0 aliphatic carbocycles. The molecule has 1 heterocycles. The van der Waals surface area contributed by atoms with Gasteiger partial charge in [-0.15, -0.1) is 0 Å². The van der Waals surface area contributed by atoms with Gasteiger partial charge in [-0.1, -0.05) is 0 Å². The second-order valence-electron chi connectivity index (χ2n) is 2.79. The van der Waals surface area contributed by atoms with Crippen LogP contribution in [0.5, 0.6) is 11.5 Å². The Labute approximate surface area is 75.6 Å². The van der Waals surface area contributed by atoms with Gasteiger partial charge in [0, 0.05) is 5.56 Å². The van der Waals surface area contributed by atoms with E-state index in [9.17, 15) is 5.21 Å². The van der Waals surface area contributed by atoms with Gasteiger partial charge >= 0.3 is 0 Å². The van der Waals surface area contributed by atoms with E-state index in [4.69, 9.17) is 9.47 Å². The van der Waals surface area contributed by atoms with E-state index in [1.807, 2.05) is 6.07 Å². The lowest BCUT2D eigenvalue weighted by Crippen LogP contribution is -1.97. The second-order valence-corrected chi connectivity index (χ2v) is 2.79. The lowest BCUT2D eigenvalue weighted by Gasteiger charge is -1.97. The predicted molar refractivity (Wildman–Crippen MR) is 47.3 cm³/mol. The summed E-state index contributed by atoms with van der Waals surface area (Å²) in [5.41, 5.74) is 0.807. The number of hydrogen-bond acceptors (Lipinski definition) is 3. The Kier molecular flexibility index (Phi) is 1.81. The summed E-state index contributed by atoms with van der Waals surface area (Å²) in [6.45, 7) is 0.256. The molecule has 1 aromatic rings. The summed E-state index contributed by atoms with van der Waals surface area (Å²) in [6.07, 6.45) is 1.47. The van der Waals surface area contributed by atoms with Crippen LogP contribution < -0.4 is 9.47 Å². The van der Waals surface area contributed by atoms with Gasteiger partial charge in [-0.25, -0.2) is 4.74 Å². The first kappa shape index (κ1) is 7.91. The van der Waals surface area contributed by atoms with Gasteiger partial charge in [-0.05, 0) is 18.2 Å². The molecule has 0 N–H and O–H groups in total. The Hall–Kier alpha value is -1.71. The van der Waals surface area contributed by atoms with Crippen molar-refractivity contribution in [3.05, 3.63) is 29.0 Å². The molecule has 2 rings (SSSR count). The molecule has 4 nitrogen and oxygen atoms in total. The zero-order valence-electron chi connectivity index (χ0n) is 7.19. The van der Waals surface area contributed by atoms with Crippen molar-refractivity contribution in [2.24, 2.45) is 0 Å². The first-order chi connectivity index (χ1) is 6.25. The van der Waals surface area contributed by atoms with Crippen molar-refractivity contribution in [2.75, 3.05) is 13.8 Å². The number of hydroxylamine groups is 1. The quantitative estimate of drug-likeness (QED) is 0.279. The molecule has 0 saturated heterocycles. The van der Waals surface area contributed by atoms with Crippen LogP contribution in [0.2, 0.25) is 0 Å². The van der Waals surface area contributed by atoms with Crippen LogP contribution in [0.15, 0.2) is 18.2 Å². The minimum Gasteiger partial charge on any atom is -0.624 e. The summed E-state index contributed by atoms with van der Waals surface area (Å²) in [5, 5.41) is 10.7. The SMILES string of the molecule is C/[N+]([O-])=C/c1ccc2c(c1)OCO2. The van der Waals surface area contributed by atoms with Crippen LogP contribution in [-0.4, -0.2) is 24.8 Å². The zero-order chi connectivity index (χ0) is 9.26. The summed E-state index contributed by atoms with van der Waals surface area (Å²) in [7, 11) is 1.44. The third kappa shape index (κ3) is 1.56. The maximum Gasteiger partial charge on any atom is 0.231 e. The molecule has 4 heteroatoms. The van der Waals surface area contributed by atoms with Crippen LogP contribution in [0.3, 0.4) is 0 Å². The molecule has 0 fully saturated rings. The molecule has 1 aliphatic heterocycles. The summed E-state index contributed by atoms with van der Waals surface area (Å²) >= 11 is 0. The van der Waals surface area contributed by atoms with Crippen molar-refractivity contribution in [1.82, 2.24) is 0 Å². The van der Waals surface area contributed by atoms with Crippen molar-refractivity contribution < 1.29 is 14.2 Å². The van der Waals surface area contributed by atoms with E-state index in [0.717, 1.165) is 16.1 Å². The lowest BCUT2D eigenvalue weighted by atomic mass is 10.2. The molecule has 13 heavy (non-hydrogen) atoms. The van der Waals surface area contributed by atoms with Crippen LogP contribution >= 0.6 is 0 Å². The van der Waals surface area contributed by atoms with Crippen molar-refractivity contribution in [2.45, 2.75) is 0 Å². The number of fused-ring (bicyclic) bond motifs is 1. The summed E-state index contributed by atoms with van der Waals surface area (Å²) in [6, 6.07) is 5.37. The van der Waals surface area contributed by atoms with E-state index in [1.165, 1.54) is 13.3 Å². The van der Waals surface area contributed by atoms with Crippen molar-refractivity contribution in [3.63, 3.8) is 0 Å². The topological polar surface area (TPSA) is 44.5 Å². The van der Waals surface area contributed by atoms with Gasteiger partial charge in [-0.2, -0.15) is 0 Å². The first-order valence-electron chi connectivity index (χ1n) is 3.90. The molecule has 0 aromatic heterocycles. The van der Waals surface area contributed by atoms with Crippen LogP contribution in [0.25, 0.3) is 0 Å². The highest BCUT2D eigenvalue weighted by atomic mass is 16.7. The fourth-order valence-corrected chi connectivity index (χ4v) is 1.20. The Balaban J connectivity index is 2.36. The number of hydrogen-bond donors (Lipinski definition) is 0. The van der Waals surface area contributed by atoms with E-state index in [0.29, 0.717) is 5.75 Å². The lowest BCUT2D eigenvalue weighted by molar-refractivity contribution is -0.416. The molecular weight excluding hydrogens is 170 g/mol. The molecule has 0 radical (unpaired) electrons. The average Bonchev–Trinajstić information content (AvgIpc) is 2.49. The monoisotopic (exact) mass is 179 g/mol. The third-order valence-electron chi connectivity index (χ3n) is 1.73. The molecular formula is C9H9NO3. The maximum absolute atomic E-state index is 10.7. The van der Waals surface area contributed by atoms with E-state index in [2.05, 4.69) is 0 Å². The highest BCUT2D eigenvalue weighted by molar-refractivity contribution is 5.77. The third-order valence-corrected chi connectivity index (χ3v) is 1.73. The highest BCUT2D eigenvalue weighted by Gasteiger charge is 2.12. The minimum atomic E-state index is 0.256. The summed E-state index contributed by atoms with van der Waals surface area (Å²) < 4.78 is 11.0. The van der Waals surface area contributed by atoms with Crippen LogP contribution in [0.1, 0.15) is 5.56 Å². The Morgan fingerprint density at radius 1 is 1.38 bits per heavy atom. The largest absolute Gasteiger partial charge is 0.624 e. The summed E-state index contributed by atoms with van der Waals surface area (Å²) in [5.74, 6) is 1.42. The molecule has 68 valence electrons. The van der Waals surface area contributed by atoms with Crippen molar-refractivity contribution in [1.29, 1.82) is 0 Å². The normalized spacial score (nSPS) is 14.7. The second kappa shape index (κ2) is 2.97. The van der Waals surface area contributed by atoms with E-state index in [-0.39, 0.29) is 6.79 Å². The van der Waals surface area contributed by atoms with Gasteiger partial charge in [0.05, 0.1) is 0 Å². The molecule has 0 bridgehead atoms. The molecule has 0 saturated carbocycles. The van der Waals surface area contributed by atoms with Gasteiger partial charge in [0.25, 0.3) is 0 Å². The van der Waals surface area contributed by atoms with Crippen molar-refractivity contribution >= 4 is 6.21 Å². The zero-order valence-corrected chi connectivity index (χ0v) is 7.19. The Morgan fingerprint density at radius 3 is 2.92 bits per heavy atom. The average molecular weight is 179 g/mol. The van der Waals surface area contributed by atoms with E-state index >= 15 is 0 Å². The van der Waals surface area contributed by atoms with Gasteiger partial charge in [0.15, 0.2) is 17.7 Å². The van der Waals surface area contributed by atoms with Gasteiger partial charge in [-0.3, -0.25) is 0 Å². The number of rotatable bonds is 1. The van der Waals surface area contributed by atoms with Crippen LogP contribution in [0, 0.1) is 5.21 Å². The predicted octanol–water partition coefficient (Wildman–Crippen LogP) is 0.974. The fourth-order valence-electron chi connectivity index (χ4n) is 1.20. The molecule has 1 aromatic carbocycles. The molecule has 0 atom stereocenters. The van der Waals surface area contributed by atoms with Gasteiger partial charge < -0.3 is 14.7 Å². The number of nitrogens with zero attached hydrogens (tertiary/aromatic N) is 1. The standard InChI is InChI=1S/C9H9NO3/c1-10(11)5-7-2-3-8-9(4-7)13-6-12-8/h2-5H,6H2,1H3/b10-5-. The number of benzene rings is 1.